The molecule has 124 valence electrons. The SMILES string of the molecule is CN=C(NCCc1ccc2c(c1)OCO2)NC(C)C(C)C.I. The number of halogens is 1. The maximum Gasteiger partial charge on any atom is 0.231 e. The van der Waals surface area contributed by atoms with E-state index in [0.29, 0.717) is 18.8 Å². The number of nitrogens with one attached hydrogen (secondary N) is 2. The lowest BCUT2D eigenvalue weighted by Gasteiger charge is -2.20. The van der Waals surface area contributed by atoms with Crippen LogP contribution in [0.1, 0.15) is 26.3 Å². The largest absolute Gasteiger partial charge is 0.454 e. The third kappa shape index (κ3) is 5.23. The highest BCUT2D eigenvalue weighted by Crippen LogP contribution is 2.32. The Bertz CT molecular complexity index is 506. The first kappa shape index (κ1) is 18.9. The topological polar surface area (TPSA) is 54.9 Å². The summed E-state index contributed by atoms with van der Waals surface area (Å²) in [5.41, 5.74) is 1.22. The van der Waals surface area contributed by atoms with Gasteiger partial charge in [0.2, 0.25) is 6.79 Å². The summed E-state index contributed by atoms with van der Waals surface area (Å²) in [6.07, 6.45) is 0.910. The van der Waals surface area contributed by atoms with E-state index in [1.165, 1.54) is 5.56 Å². The number of nitrogens with zero attached hydrogens (tertiary/aromatic N) is 1. The van der Waals surface area contributed by atoms with Gasteiger partial charge in [-0.1, -0.05) is 19.9 Å². The van der Waals surface area contributed by atoms with Gasteiger partial charge in [0.1, 0.15) is 0 Å². The van der Waals surface area contributed by atoms with Gasteiger partial charge in [-0.05, 0) is 37.0 Å². The number of aliphatic imine (C=N–C) groups is 1. The molecule has 6 heteroatoms. The molecule has 1 aromatic rings. The fourth-order valence-corrected chi connectivity index (χ4v) is 2.00. The van der Waals surface area contributed by atoms with Crippen LogP contribution in [0, 0.1) is 5.92 Å². The first-order valence-electron chi connectivity index (χ1n) is 7.46. The van der Waals surface area contributed by atoms with Crippen molar-refractivity contribution in [2.75, 3.05) is 20.4 Å². The van der Waals surface area contributed by atoms with Crippen molar-refractivity contribution in [1.82, 2.24) is 10.6 Å². The molecule has 1 atom stereocenters. The van der Waals surface area contributed by atoms with Gasteiger partial charge in [-0.25, -0.2) is 0 Å². The molecule has 1 heterocycles. The van der Waals surface area contributed by atoms with Crippen LogP contribution in [0.4, 0.5) is 0 Å². The molecule has 1 unspecified atom stereocenters. The summed E-state index contributed by atoms with van der Waals surface area (Å²) in [6.45, 7) is 7.69. The Morgan fingerprint density at radius 3 is 2.64 bits per heavy atom. The van der Waals surface area contributed by atoms with Crippen molar-refractivity contribution >= 4 is 29.9 Å². The molecule has 0 fully saturated rings. The number of benzene rings is 1. The van der Waals surface area contributed by atoms with Crippen molar-refractivity contribution in [3.8, 4) is 11.5 Å². The molecule has 0 amide bonds. The summed E-state index contributed by atoms with van der Waals surface area (Å²) < 4.78 is 10.7. The summed E-state index contributed by atoms with van der Waals surface area (Å²) in [7, 11) is 1.79. The summed E-state index contributed by atoms with van der Waals surface area (Å²) in [4.78, 5) is 4.25. The predicted octanol–water partition coefficient (Wildman–Crippen LogP) is 2.79. The normalized spacial score (nSPS) is 14.5. The average Bonchev–Trinajstić information content (AvgIpc) is 2.93. The number of hydrogen-bond acceptors (Lipinski definition) is 3. The minimum absolute atomic E-state index is 0. The lowest BCUT2D eigenvalue weighted by molar-refractivity contribution is 0.174. The highest BCUT2D eigenvalue weighted by Gasteiger charge is 2.13. The van der Waals surface area contributed by atoms with Crippen molar-refractivity contribution in [2.24, 2.45) is 10.9 Å². The van der Waals surface area contributed by atoms with E-state index in [1.54, 1.807) is 7.05 Å². The first-order chi connectivity index (χ1) is 10.1. The van der Waals surface area contributed by atoms with E-state index in [4.69, 9.17) is 9.47 Å². The van der Waals surface area contributed by atoms with Crippen LogP contribution in [0.3, 0.4) is 0 Å². The molecule has 0 saturated heterocycles. The number of hydrogen-bond donors (Lipinski definition) is 2. The third-order valence-electron chi connectivity index (χ3n) is 3.73. The molecular formula is C16H26IN3O2. The molecule has 0 spiro atoms. The third-order valence-corrected chi connectivity index (χ3v) is 3.73. The second-order valence-electron chi connectivity index (χ2n) is 5.61. The zero-order chi connectivity index (χ0) is 15.2. The lowest BCUT2D eigenvalue weighted by Crippen LogP contribution is -2.44. The van der Waals surface area contributed by atoms with Crippen LogP contribution in [-0.4, -0.2) is 32.4 Å². The molecule has 1 aliphatic heterocycles. The second-order valence-corrected chi connectivity index (χ2v) is 5.61. The van der Waals surface area contributed by atoms with Gasteiger partial charge in [0.05, 0.1) is 0 Å². The van der Waals surface area contributed by atoms with Crippen molar-refractivity contribution in [3.05, 3.63) is 23.8 Å². The number of fused-ring (bicyclic) bond motifs is 1. The van der Waals surface area contributed by atoms with Crippen LogP contribution in [0.25, 0.3) is 0 Å². The Labute approximate surface area is 149 Å². The summed E-state index contributed by atoms with van der Waals surface area (Å²) in [5, 5.41) is 6.73. The Hall–Kier alpha value is -1.18. The van der Waals surface area contributed by atoms with Crippen molar-refractivity contribution in [2.45, 2.75) is 33.2 Å². The highest BCUT2D eigenvalue weighted by atomic mass is 127. The molecule has 0 radical (unpaired) electrons. The Kier molecular flexibility index (Phi) is 7.78. The van der Waals surface area contributed by atoms with E-state index in [9.17, 15) is 0 Å². The zero-order valence-electron chi connectivity index (χ0n) is 13.7. The standard InChI is InChI=1S/C16H25N3O2.HI/c1-11(2)12(3)19-16(17-4)18-8-7-13-5-6-14-15(9-13)21-10-20-14;/h5-6,9,11-12H,7-8,10H2,1-4H3,(H2,17,18,19);1H. The van der Waals surface area contributed by atoms with Crippen molar-refractivity contribution in [1.29, 1.82) is 0 Å². The van der Waals surface area contributed by atoms with Crippen LogP contribution >= 0.6 is 24.0 Å². The minimum Gasteiger partial charge on any atom is -0.454 e. The number of ether oxygens (including phenoxy) is 2. The Morgan fingerprint density at radius 2 is 1.95 bits per heavy atom. The predicted molar refractivity (Wildman–Crippen MR) is 100 cm³/mol. The van der Waals surface area contributed by atoms with E-state index in [0.717, 1.165) is 30.4 Å². The monoisotopic (exact) mass is 419 g/mol. The molecule has 2 N–H and O–H groups in total. The quantitative estimate of drug-likeness (QED) is 0.438. The molecule has 22 heavy (non-hydrogen) atoms. The molecule has 0 saturated carbocycles. The van der Waals surface area contributed by atoms with Gasteiger partial charge in [-0.3, -0.25) is 4.99 Å². The van der Waals surface area contributed by atoms with Crippen LogP contribution in [-0.2, 0) is 6.42 Å². The fourth-order valence-electron chi connectivity index (χ4n) is 2.00. The van der Waals surface area contributed by atoms with E-state index in [1.807, 2.05) is 12.1 Å². The van der Waals surface area contributed by atoms with Crippen LogP contribution in [0.15, 0.2) is 23.2 Å². The number of guanidine groups is 1. The smallest absolute Gasteiger partial charge is 0.231 e. The molecule has 0 bridgehead atoms. The van der Waals surface area contributed by atoms with Crippen LogP contribution < -0.4 is 20.1 Å². The molecule has 0 aliphatic carbocycles. The average molecular weight is 419 g/mol. The fraction of sp³-hybridized carbons (Fsp3) is 0.562. The lowest BCUT2D eigenvalue weighted by atomic mass is 10.1. The molecule has 2 rings (SSSR count). The highest BCUT2D eigenvalue weighted by molar-refractivity contribution is 14.0. The summed E-state index contributed by atoms with van der Waals surface area (Å²) >= 11 is 0. The second kappa shape index (κ2) is 9.07. The van der Waals surface area contributed by atoms with Gasteiger partial charge < -0.3 is 20.1 Å². The summed E-state index contributed by atoms with van der Waals surface area (Å²) in [6, 6.07) is 6.46. The van der Waals surface area contributed by atoms with Gasteiger partial charge in [0.25, 0.3) is 0 Å². The zero-order valence-corrected chi connectivity index (χ0v) is 16.0. The summed E-state index contributed by atoms with van der Waals surface area (Å²) in [5.74, 6) is 3.08. The first-order valence-corrected chi connectivity index (χ1v) is 7.46. The van der Waals surface area contributed by atoms with Crippen molar-refractivity contribution in [3.63, 3.8) is 0 Å². The molecule has 5 nitrogen and oxygen atoms in total. The molecule has 0 aromatic heterocycles. The molecular weight excluding hydrogens is 393 g/mol. The van der Waals surface area contributed by atoms with E-state index >= 15 is 0 Å². The molecule has 1 aliphatic rings. The van der Waals surface area contributed by atoms with Gasteiger partial charge >= 0.3 is 0 Å². The van der Waals surface area contributed by atoms with Gasteiger partial charge in [-0.15, -0.1) is 24.0 Å². The van der Waals surface area contributed by atoms with Crippen molar-refractivity contribution < 1.29 is 9.47 Å². The molecule has 1 aromatic carbocycles. The van der Waals surface area contributed by atoms with Crippen LogP contribution in [0.2, 0.25) is 0 Å². The van der Waals surface area contributed by atoms with Crippen LogP contribution in [0.5, 0.6) is 11.5 Å². The number of rotatable bonds is 5. The van der Waals surface area contributed by atoms with Gasteiger partial charge in [0.15, 0.2) is 17.5 Å². The maximum atomic E-state index is 5.39. The van der Waals surface area contributed by atoms with E-state index in [2.05, 4.69) is 42.5 Å². The van der Waals surface area contributed by atoms with E-state index in [-0.39, 0.29) is 24.0 Å². The maximum absolute atomic E-state index is 5.39. The Morgan fingerprint density at radius 1 is 1.23 bits per heavy atom. The van der Waals surface area contributed by atoms with Gasteiger partial charge in [0, 0.05) is 19.6 Å². The van der Waals surface area contributed by atoms with Gasteiger partial charge in [-0.2, -0.15) is 0 Å². The van der Waals surface area contributed by atoms with E-state index < -0.39 is 0 Å². The minimum atomic E-state index is 0. The Balaban J connectivity index is 0.00000242.